The standard InChI is InChI=1S/C18H16N4O4S/c1-12-16(19-18(26-12)13-6-4-3-5-7-13)11-25-22-17-10-14(27(2,23)24)8-9-15(17)20-21-22/h3-10H,11H2,1-2H3. The van der Waals surface area contributed by atoms with E-state index in [1.165, 1.54) is 17.0 Å². The normalized spacial score (nSPS) is 11.8. The van der Waals surface area contributed by atoms with E-state index in [1.807, 2.05) is 30.3 Å². The first-order valence-electron chi connectivity index (χ1n) is 8.12. The molecule has 2 heterocycles. The van der Waals surface area contributed by atoms with Crippen LogP contribution in [0.5, 0.6) is 0 Å². The highest BCUT2D eigenvalue weighted by Gasteiger charge is 2.15. The number of aryl methyl sites for hydroxylation is 1. The van der Waals surface area contributed by atoms with Crippen LogP contribution in [-0.2, 0) is 16.4 Å². The topological polar surface area (TPSA) is 100 Å². The number of nitrogens with zero attached hydrogens (tertiary/aromatic N) is 4. The summed E-state index contributed by atoms with van der Waals surface area (Å²) >= 11 is 0. The predicted octanol–water partition coefficient (Wildman–Crippen LogP) is 2.43. The Bertz CT molecular complexity index is 1210. The van der Waals surface area contributed by atoms with E-state index in [0.29, 0.717) is 28.4 Å². The van der Waals surface area contributed by atoms with Crippen molar-refractivity contribution in [3.05, 3.63) is 60.0 Å². The van der Waals surface area contributed by atoms with Crippen molar-refractivity contribution in [2.45, 2.75) is 18.4 Å². The van der Waals surface area contributed by atoms with Crippen molar-refractivity contribution in [2.24, 2.45) is 0 Å². The first kappa shape index (κ1) is 17.2. The van der Waals surface area contributed by atoms with Crippen LogP contribution >= 0.6 is 0 Å². The maximum absolute atomic E-state index is 11.8. The molecule has 0 saturated carbocycles. The summed E-state index contributed by atoms with van der Waals surface area (Å²) in [5.41, 5.74) is 2.49. The second-order valence-corrected chi connectivity index (χ2v) is 8.06. The van der Waals surface area contributed by atoms with E-state index < -0.39 is 9.84 Å². The number of oxazole rings is 1. The Hall–Kier alpha value is -3.20. The number of sulfone groups is 1. The van der Waals surface area contributed by atoms with E-state index >= 15 is 0 Å². The number of benzene rings is 2. The third kappa shape index (κ3) is 3.41. The molecule has 0 aliphatic rings. The zero-order chi connectivity index (χ0) is 19.0. The van der Waals surface area contributed by atoms with Gasteiger partial charge in [0.25, 0.3) is 0 Å². The highest BCUT2D eigenvalue weighted by molar-refractivity contribution is 7.90. The molecule has 0 fully saturated rings. The van der Waals surface area contributed by atoms with Gasteiger partial charge in [-0.25, -0.2) is 13.4 Å². The second-order valence-electron chi connectivity index (χ2n) is 6.05. The molecule has 0 aliphatic heterocycles. The summed E-state index contributed by atoms with van der Waals surface area (Å²) < 4.78 is 29.2. The van der Waals surface area contributed by atoms with Crippen molar-refractivity contribution in [1.82, 2.24) is 20.1 Å². The summed E-state index contributed by atoms with van der Waals surface area (Å²) in [6, 6.07) is 14.1. The summed E-state index contributed by atoms with van der Waals surface area (Å²) in [6.07, 6.45) is 1.15. The van der Waals surface area contributed by atoms with Crippen LogP contribution in [0.15, 0.2) is 57.8 Å². The van der Waals surface area contributed by atoms with Crippen molar-refractivity contribution in [3.63, 3.8) is 0 Å². The summed E-state index contributed by atoms with van der Waals surface area (Å²) in [4.78, 5) is 11.5. The number of rotatable bonds is 5. The summed E-state index contributed by atoms with van der Waals surface area (Å²) in [6.45, 7) is 1.91. The Morgan fingerprint density at radius 2 is 1.93 bits per heavy atom. The number of hydrogen-bond donors (Lipinski definition) is 0. The Kier molecular flexibility index (Phi) is 4.15. The third-order valence-electron chi connectivity index (χ3n) is 4.05. The van der Waals surface area contributed by atoms with Crippen LogP contribution in [0.4, 0.5) is 0 Å². The fourth-order valence-electron chi connectivity index (χ4n) is 2.59. The minimum atomic E-state index is -3.34. The Morgan fingerprint density at radius 1 is 1.15 bits per heavy atom. The number of hydrogen-bond acceptors (Lipinski definition) is 7. The van der Waals surface area contributed by atoms with E-state index in [9.17, 15) is 8.42 Å². The molecule has 2 aromatic heterocycles. The third-order valence-corrected chi connectivity index (χ3v) is 5.16. The lowest BCUT2D eigenvalue weighted by molar-refractivity contribution is 0.0726. The lowest BCUT2D eigenvalue weighted by Crippen LogP contribution is -2.13. The molecule has 9 heteroatoms. The van der Waals surface area contributed by atoms with Gasteiger partial charge in [0.05, 0.1) is 4.90 Å². The van der Waals surface area contributed by atoms with E-state index in [2.05, 4.69) is 15.3 Å². The quantitative estimate of drug-likeness (QED) is 0.521. The van der Waals surface area contributed by atoms with Gasteiger partial charge in [-0.3, -0.25) is 0 Å². The fraction of sp³-hybridized carbons (Fsp3) is 0.167. The molecule has 0 aliphatic carbocycles. The summed E-state index contributed by atoms with van der Waals surface area (Å²) in [5.74, 6) is 1.14. The molecule has 8 nitrogen and oxygen atoms in total. The van der Waals surface area contributed by atoms with E-state index in [0.717, 1.165) is 11.8 Å². The van der Waals surface area contributed by atoms with Crippen LogP contribution in [0.2, 0.25) is 0 Å². The van der Waals surface area contributed by atoms with Gasteiger partial charge >= 0.3 is 0 Å². The molecule has 27 heavy (non-hydrogen) atoms. The molecule has 138 valence electrons. The second kappa shape index (κ2) is 6.51. The molecule has 4 aromatic rings. The van der Waals surface area contributed by atoms with Crippen molar-refractivity contribution in [1.29, 1.82) is 0 Å². The molecule has 0 atom stereocenters. The Balaban J connectivity index is 1.60. The van der Waals surface area contributed by atoms with Crippen LogP contribution in [0.25, 0.3) is 22.5 Å². The van der Waals surface area contributed by atoms with Crippen LogP contribution in [0, 0.1) is 6.92 Å². The van der Waals surface area contributed by atoms with E-state index in [-0.39, 0.29) is 11.5 Å². The minimum Gasteiger partial charge on any atom is -0.441 e. The Labute approximate surface area is 155 Å². The highest BCUT2D eigenvalue weighted by atomic mass is 32.2. The first-order valence-corrected chi connectivity index (χ1v) is 10.0. The average Bonchev–Trinajstić information content (AvgIpc) is 3.23. The molecule has 0 amide bonds. The van der Waals surface area contributed by atoms with Gasteiger partial charge in [0.15, 0.2) is 16.4 Å². The highest BCUT2D eigenvalue weighted by Crippen LogP contribution is 2.22. The molecule has 0 saturated heterocycles. The zero-order valence-corrected chi connectivity index (χ0v) is 15.5. The lowest BCUT2D eigenvalue weighted by Gasteiger charge is -2.04. The van der Waals surface area contributed by atoms with Crippen LogP contribution in [-0.4, -0.2) is 34.8 Å². The predicted molar refractivity (Wildman–Crippen MR) is 97.6 cm³/mol. The maximum Gasteiger partial charge on any atom is 0.226 e. The summed E-state index contributed by atoms with van der Waals surface area (Å²) in [7, 11) is -3.34. The monoisotopic (exact) mass is 384 g/mol. The Morgan fingerprint density at radius 3 is 2.67 bits per heavy atom. The smallest absolute Gasteiger partial charge is 0.226 e. The van der Waals surface area contributed by atoms with Crippen molar-refractivity contribution in [3.8, 4) is 11.5 Å². The van der Waals surface area contributed by atoms with Crippen LogP contribution in [0.3, 0.4) is 0 Å². The number of aromatic nitrogens is 4. The molecular weight excluding hydrogens is 368 g/mol. The van der Waals surface area contributed by atoms with Gasteiger partial charge in [-0.2, -0.15) is 0 Å². The van der Waals surface area contributed by atoms with Crippen LogP contribution in [0.1, 0.15) is 11.5 Å². The zero-order valence-electron chi connectivity index (χ0n) is 14.7. The lowest BCUT2D eigenvalue weighted by atomic mass is 10.2. The van der Waals surface area contributed by atoms with Gasteiger partial charge in [0.2, 0.25) is 5.89 Å². The van der Waals surface area contributed by atoms with Gasteiger partial charge in [-0.1, -0.05) is 23.0 Å². The largest absolute Gasteiger partial charge is 0.441 e. The van der Waals surface area contributed by atoms with E-state index in [1.54, 1.807) is 13.0 Å². The maximum atomic E-state index is 11.8. The van der Waals surface area contributed by atoms with Gasteiger partial charge < -0.3 is 9.25 Å². The molecule has 0 spiro atoms. The molecule has 4 rings (SSSR count). The average molecular weight is 384 g/mol. The van der Waals surface area contributed by atoms with Gasteiger partial charge in [0.1, 0.15) is 22.5 Å². The van der Waals surface area contributed by atoms with E-state index in [4.69, 9.17) is 9.25 Å². The first-order chi connectivity index (χ1) is 12.9. The van der Waals surface area contributed by atoms with Gasteiger partial charge in [-0.15, -0.1) is 5.10 Å². The van der Waals surface area contributed by atoms with Crippen molar-refractivity contribution >= 4 is 20.9 Å². The molecule has 0 bridgehead atoms. The SMILES string of the molecule is Cc1oc(-c2ccccc2)nc1COn1nnc2ccc(S(C)(=O)=O)cc21. The minimum absolute atomic E-state index is 0.101. The molecule has 2 aromatic carbocycles. The molecule has 0 N–H and O–H groups in total. The van der Waals surface area contributed by atoms with Crippen molar-refractivity contribution in [2.75, 3.05) is 6.26 Å². The molecule has 0 unspecified atom stereocenters. The number of fused-ring (bicyclic) bond motifs is 1. The van der Waals surface area contributed by atoms with Gasteiger partial charge in [-0.05, 0) is 42.5 Å². The fourth-order valence-corrected chi connectivity index (χ4v) is 3.23. The molecular formula is C18H16N4O4S. The van der Waals surface area contributed by atoms with Crippen molar-refractivity contribution < 1.29 is 17.7 Å². The summed E-state index contributed by atoms with van der Waals surface area (Å²) in [5, 5.41) is 7.90. The van der Waals surface area contributed by atoms with Gasteiger partial charge in [0, 0.05) is 11.8 Å². The van der Waals surface area contributed by atoms with Crippen LogP contribution < -0.4 is 4.84 Å². The molecule has 0 radical (unpaired) electrons.